The second-order valence-electron chi connectivity index (χ2n) is 5.08. The largest absolute Gasteiger partial charge is 0.481 e. The number of aliphatic carboxylic acids is 1. The van der Waals surface area contributed by atoms with Gasteiger partial charge in [0.25, 0.3) is 5.69 Å². The van der Waals surface area contributed by atoms with Crippen molar-refractivity contribution >= 4 is 17.3 Å². The van der Waals surface area contributed by atoms with Gasteiger partial charge in [-0.25, -0.2) is 8.78 Å². The monoisotopic (exact) mass is 300 g/mol. The van der Waals surface area contributed by atoms with E-state index in [0.717, 1.165) is 0 Å². The van der Waals surface area contributed by atoms with Gasteiger partial charge in [0, 0.05) is 12.1 Å². The molecule has 21 heavy (non-hydrogen) atoms. The molecular weight excluding hydrogens is 286 g/mol. The molecule has 1 aromatic carbocycles. The van der Waals surface area contributed by atoms with Crippen LogP contribution in [-0.4, -0.2) is 22.0 Å². The lowest BCUT2D eigenvalue weighted by Gasteiger charge is -2.28. The fourth-order valence-corrected chi connectivity index (χ4v) is 2.60. The van der Waals surface area contributed by atoms with Crippen LogP contribution >= 0.6 is 0 Å². The number of rotatable bonds is 4. The van der Waals surface area contributed by atoms with Gasteiger partial charge in [0.15, 0.2) is 5.82 Å². The Morgan fingerprint density at radius 1 is 1.38 bits per heavy atom. The molecular formula is C13H14F2N2O4. The van der Waals surface area contributed by atoms with Crippen LogP contribution in [0.5, 0.6) is 0 Å². The van der Waals surface area contributed by atoms with Crippen molar-refractivity contribution in [3.63, 3.8) is 0 Å². The molecule has 2 N–H and O–H groups in total. The van der Waals surface area contributed by atoms with Crippen LogP contribution < -0.4 is 5.32 Å². The molecule has 0 saturated heterocycles. The summed E-state index contributed by atoms with van der Waals surface area (Å²) in [6.45, 7) is 0. The summed E-state index contributed by atoms with van der Waals surface area (Å²) in [5.41, 5.74) is -1.08. The quantitative estimate of drug-likeness (QED) is 0.659. The number of carbonyl (C=O) groups is 1. The van der Waals surface area contributed by atoms with Gasteiger partial charge in [-0.05, 0) is 19.3 Å². The van der Waals surface area contributed by atoms with Gasteiger partial charge in [0.1, 0.15) is 11.5 Å². The number of nitro groups is 1. The molecule has 6 nitrogen and oxygen atoms in total. The van der Waals surface area contributed by atoms with Crippen LogP contribution in [0, 0.1) is 27.7 Å². The van der Waals surface area contributed by atoms with Gasteiger partial charge in [-0.15, -0.1) is 0 Å². The van der Waals surface area contributed by atoms with E-state index in [1.54, 1.807) is 0 Å². The van der Waals surface area contributed by atoms with E-state index in [-0.39, 0.29) is 6.42 Å². The zero-order valence-electron chi connectivity index (χ0n) is 11.0. The van der Waals surface area contributed by atoms with Crippen LogP contribution in [0.4, 0.5) is 20.2 Å². The first kappa shape index (κ1) is 15.1. The summed E-state index contributed by atoms with van der Waals surface area (Å²) >= 11 is 0. The maximum absolute atomic E-state index is 13.8. The molecule has 0 amide bonds. The van der Waals surface area contributed by atoms with E-state index >= 15 is 0 Å². The number of carboxylic acids is 1. The van der Waals surface area contributed by atoms with Gasteiger partial charge in [0.2, 0.25) is 0 Å². The minimum Gasteiger partial charge on any atom is -0.481 e. The highest BCUT2D eigenvalue weighted by atomic mass is 19.1. The molecule has 1 aliphatic rings. The van der Waals surface area contributed by atoms with Crippen LogP contribution in [0.2, 0.25) is 0 Å². The smallest absolute Gasteiger partial charge is 0.306 e. The molecule has 1 aromatic rings. The number of nitro benzene ring substituents is 1. The number of benzene rings is 1. The lowest BCUT2D eigenvalue weighted by Crippen LogP contribution is -2.31. The van der Waals surface area contributed by atoms with Crippen molar-refractivity contribution in [2.24, 2.45) is 5.92 Å². The number of anilines is 1. The molecule has 0 aliphatic heterocycles. The van der Waals surface area contributed by atoms with E-state index in [9.17, 15) is 23.7 Å². The van der Waals surface area contributed by atoms with Gasteiger partial charge in [-0.3, -0.25) is 14.9 Å². The minimum atomic E-state index is -1.06. The van der Waals surface area contributed by atoms with Gasteiger partial charge >= 0.3 is 5.97 Å². The Morgan fingerprint density at radius 3 is 2.71 bits per heavy atom. The van der Waals surface area contributed by atoms with Crippen molar-refractivity contribution in [2.45, 2.75) is 31.7 Å². The summed E-state index contributed by atoms with van der Waals surface area (Å²) in [6, 6.07) is 0.814. The number of nitrogens with zero attached hydrogens (tertiary/aromatic N) is 1. The average Bonchev–Trinajstić information content (AvgIpc) is 2.41. The molecule has 0 radical (unpaired) electrons. The Morgan fingerprint density at radius 2 is 2.10 bits per heavy atom. The normalized spacial score (nSPS) is 21.8. The van der Waals surface area contributed by atoms with Gasteiger partial charge in [0.05, 0.1) is 16.9 Å². The summed E-state index contributed by atoms with van der Waals surface area (Å²) in [5, 5.41) is 22.5. The number of nitrogens with one attached hydrogen (secondary N) is 1. The van der Waals surface area contributed by atoms with Crippen molar-refractivity contribution in [2.75, 3.05) is 5.32 Å². The fourth-order valence-electron chi connectivity index (χ4n) is 2.60. The average molecular weight is 300 g/mol. The minimum absolute atomic E-state index is 0.253. The summed E-state index contributed by atoms with van der Waals surface area (Å²) < 4.78 is 26.8. The maximum atomic E-state index is 13.8. The Balaban J connectivity index is 2.23. The third-order valence-electron chi connectivity index (χ3n) is 3.60. The lowest BCUT2D eigenvalue weighted by atomic mass is 9.85. The summed E-state index contributed by atoms with van der Waals surface area (Å²) in [4.78, 5) is 21.0. The highest BCUT2D eigenvalue weighted by Gasteiger charge is 2.29. The molecule has 2 rings (SSSR count). The summed E-state index contributed by atoms with van der Waals surface area (Å²) in [5.74, 6) is -3.58. The zero-order chi connectivity index (χ0) is 15.6. The predicted molar refractivity (Wildman–Crippen MR) is 70.0 cm³/mol. The van der Waals surface area contributed by atoms with Crippen molar-refractivity contribution in [3.8, 4) is 0 Å². The standard InChI is InChI=1S/C13H14F2N2O4/c14-8-5-10(15)12(11(6-8)17(20)21)16-9-3-1-2-7(4-9)13(18)19/h5-7,9,16H,1-4H2,(H,18,19). The highest BCUT2D eigenvalue weighted by molar-refractivity contribution is 5.70. The second kappa shape index (κ2) is 6.02. The Bertz CT molecular complexity index is 580. The van der Waals surface area contributed by atoms with Crippen LogP contribution in [0.15, 0.2) is 12.1 Å². The third kappa shape index (κ3) is 3.45. The predicted octanol–water partition coefficient (Wildman–Crippen LogP) is 2.93. The first-order valence-electron chi connectivity index (χ1n) is 6.51. The van der Waals surface area contributed by atoms with Gasteiger partial charge < -0.3 is 10.4 Å². The third-order valence-corrected chi connectivity index (χ3v) is 3.60. The van der Waals surface area contributed by atoms with E-state index in [4.69, 9.17) is 5.11 Å². The molecule has 1 fully saturated rings. The van der Waals surface area contributed by atoms with E-state index in [1.807, 2.05) is 0 Å². The first-order chi connectivity index (χ1) is 9.88. The molecule has 2 unspecified atom stereocenters. The fraction of sp³-hybridized carbons (Fsp3) is 0.462. The summed E-state index contributed by atoms with van der Waals surface area (Å²) in [7, 11) is 0. The van der Waals surface area contributed by atoms with E-state index in [2.05, 4.69) is 5.32 Å². The lowest BCUT2D eigenvalue weighted by molar-refractivity contribution is -0.384. The molecule has 1 aliphatic carbocycles. The number of carboxylic acid groups (broad SMARTS) is 1. The topological polar surface area (TPSA) is 92.5 Å². The van der Waals surface area contributed by atoms with Gasteiger partial charge in [-0.2, -0.15) is 0 Å². The van der Waals surface area contributed by atoms with Crippen LogP contribution in [0.1, 0.15) is 25.7 Å². The molecule has 0 bridgehead atoms. The van der Waals surface area contributed by atoms with Crippen molar-refractivity contribution in [1.82, 2.24) is 0 Å². The molecule has 8 heteroatoms. The van der Waals surface area contributed by atoms with Crippen molar-refractivity contribution < 1.29 is 23.6 Å². The molecule has 0 spiro atoms. The molecule has 0 aromatic heterocycles. The summed E-state index contributed by atoms with van der Waals surface area (Å²) in [6.07, 6.45) is 1.99. The van der Waals surface area contributed by atoms with Crippen molar-refractivity contribution in [3.05, 3.63) is 33.9 Å². The number of hydrogen-bond donors (Lipinski definition) is 2. The maximum Gasteiger partial charge on any atom is 0.306 e. The SMILES string of the molecule is O=C(O)C1CCCC(Nc2c(F)cc(F)cc2[N+](=O)[O-])C1. The first-order valence-corrected chi connectivity index (χ1v) is 6.51. The Labute approximate surface area is 118 Å². The van der Waals surface area contributed by atoms with Crippen molar-refractivity contribution in [1.29, 1.82) is 0 Å². The molecule has 114 valence electrons. The Kier molecular flexibility index (Phi) is 4.35. The molecule has 0 heterocycles. The molecule has 2 atom stereocenters. The van der Waals surface area contributed by atoms with E-state index in [1.165, 1.54) is 0 Å². The van der Waals surface area contributed by atoms with Crippen LogP contribution in [0.25, 0.3) is 0 Å². The number of hydrogen-bond acceptors (Lipinski definition) is 4. The Hall–Kier alpha value is -2.25. The van der Waals surface area contributed by atoms with E-state index < -0.39 is 45.9 Å². The second-order valence-corrected chi connectivity index (χ2v) is 5.08. The van der Waals surface area contributed by atoms with E-state index in [0.29, 0.717) is 31.4 Å². The van der Waals surface area contributed by atoms with Gasteiger partial charge in [-0.1, -0.05) is 6.42 Å². The van der Waals surface area contributed by atoms with Crippen LogP contribution in [0.3, 0.4) is 0 Å². The highest BCUT2D eigenvalue weighted by Crippen LogP contribution is 2.33. The van der Waals surface area contributed by atoms with Crippen LogP contribution in [-0.2, 0) is 4.79 Å². The molecule has 1 saturated carbocycles. The number of halogens is 2. The zero-order valence-corrected chi connectivity index (χ0v) is 11.0.